The standard InChI is InChI=1S/C26H22O4/c1-2-29-20-14-16-23-22(17-20)25(27)24(26(28)30-23)21(19-11-7-4-8-12-19)15-13-18-9-5-3-6-10-18/h3-17,21,27H,2H2,1H3/b15-13+. The van der Waals surface area contributed by atoms with Gasteiger partial charge in [0.25, 0.3) is 0 Å². The molecule has 1 aromatic heterocycles. The number of benzene rings is 3. The molecule has 3 aromatic carbocycles. The first kappa shape index (κ1) is 19.5. The molecule has 0 bridgehead atoms. The van der Waals surface area contributed by atoms with Crippen LogP contribution in [0, 0.1) is 0 Å². The fraction of sp³-hybridized carbons (Fsp3) is 0.115. The van der Waals surface area contributed by atoms with Gasteiger partial charge in [-0.05, 0) is 36.2 Å². The molecule has 0 spiro atoms. The maximum Gasteiger partial charge on any atom is 0.344 e. The molecule has 1 N–H and O–H groups in total. The lowest BCUT2D eigenvalue weighted by Gasteiger charge is -2.16. The molecule has 0 aliphatic heterocycles. The van der Waals surface area contributed by atoms with Gasteiger partial charge in [-0.1, -0.05) is 72.8 Å². The summed E-state index contributed by atoms with van der Waals surface area (Å²) >= 11 is 0. The minimum atomic E-state index is -0.560. The van der Waals surface area contributed by atoms with E-state index in [0.717, 1.165) is 11.1 Å². The van der Waals surface area contributed by atoms with Crippen molar-refractivity contribution in [2.24, 2.45) is 0 Å². The first-order chi connectivity index (χ1) is 14.7. The van der Waals surface area contributed by atoms with Crippen LogP contribution in [0.2, 0.25) is 0 Å². The highest BCUT2D eigenvalue weighted by Gasteiger charge is 2.23. The summed E-state index contributed by atoms with van der Waals surface area (Å²) < 4.78 is 11.1. The van der Waals surface area contributed by atoms with Gasteiger partial charge in [0.15, 0.2) is 0 Å². The van der Waals surface area contributed by atoms with Gasteiger partial charge < -0.3 is 14.3 Å². The van der Waals surface area contributed by atoms with Gasteiger partial charge in [-0.15, -0.1) is 0 Å². The maximum absolute atomic E-state index is 12.9. The Morgan fingerprint density at radius 1 is 1.00 bits per heavy atom. The topological polar surface area (TPSA) is 59.7 Å². The van der Waals surface area contributed by atoms with E-state index in [1.165, 1.54) is 0 Å². The lowest BCUT2D eigenvalue weighted by Crippen LogP contribution is -2.13. The summed E-state index contributed by atoms with van der Waals surface area (Å²) in [5.74, 6) is 0.0494. The lowest BCUT2D eigenvalue weighted by atomic mass is 9.90. The van der Waals surface area contributed by atoms with Crippen LogP contribution in [0.4, 0.5) is 0 Å². The SMILES string of the molecule is CCOc1ccc2oc(=O)c(C(/C=C/c3ccccc3)c3ccccc3)c(O)c2c1. The summed E-state index contributed by atoms with van der Waals surface area (Å²) in [6.45, 7) is 2.39. The predicted octanol–water partition coefficient (Wildman–Crippen LogP) is 5.74. The number of fused-ring (bicyclic) bond motifs is 1. The number of aromatic hydroxyl groups is 1. The third kappa shape index (κ3) is 3.98. The van der Waals surface area contributed by atoms with Crippen molar-refractivity contribution in [2.75, 3.05) is 6.61 Å². The van der Waals surface area contributed by atoms with Gasteiger partial charge >= 0.3 is 5.63 Å². The minimum absolute atomic E-state index is 0.0885. The van der Waals surface area contributed by atoms with Crippen molar-refractivity contribution >= 4 is 17.0 Å². The van der Waals surface area contributed by atoms with Gasteiger partial charge in [0.2, 0.25) is 0 Å². The van der Waals surface area contributed by atoms with E-state index < -0.39 is 11.5 Å². The zero-order valence-corrected chi connectivity index (χ0v) is 16.6. The third-order valence-electron chi connectivity index (χ3n) is 4.95. The maximum atomic E-state index is 12.9. The fourth-order valence-corrected chi connectivity index (χ4v) is 3.52. The third-order valence-corrected chi connectivity index (χ3v) is 4.95. The number of rotatable bonds is 6. The Hall–Kier alpha value is -3.79. The van der Waals surface area contributed by atoms with E-state index in [2.05, 4.69) is 0 Å². The molecular formula is C26H22O4. The van der Waals surface area contributed by atoms with Crippen molar-refractivity contribution in [2.45, 2.75) is 12.8 Å². The Morgan fingerprint density at radius 2 is 1.70 bits per heavy atom. The normalized spacial score (nSPS) is 12.3. The minimum Gasteiger partial charge on any atom is -0.507 e. The second-order valence-corrected chi connectivity index (χ2v) is 6.90. The number of allylic oxidation sites excluding steroid dienone is 1. The zero-order valence-electron chi connectivity index (χ0n) is 16.6. The van der Waals surface area contributed by atoms with Crippen molar-refractivity contribution in [3.8, 4) is 11.5 Å². The van der Waals surface area contributed by atoms with Crippen molar-refractivity contribution in [1.29, 1.82) is 0 Å². The van der Waals surface area contributed by atoms with Gasteiger partial charge in [-0.2, -0.15) is 0 Å². The Kier molecular flexibility index (Phi) is 5.66. The van der Waals surface area contributed by atoms with Crippen LogP contribution >= 0.6 is 0 Å². The van der Waals surface area contributed by atoms with E-state index in [0.29, 0.717) is 23.3 Å². The van der Waals surface area contributed by atoms with E-state index in [1.807, 2.05) is 79.7 Å². The summed E-state index contributed by atoms with van der Waals surface area (Å²) in [7, 11) is 0. The largest absolute Gasteiger partial charge is 0.507 e. The Balaban J connectivity index is 1.89. The number of hydrogen-bond donors (Lipinski definition) is 1. The Morgan fingerprint density at radius 3 is 2.40 bits per heavy atom. The molecule has 1 unspecified atom stereocenters. The van der Waals surface area contributed by atoms with Crippen LogP contribution in [-0.2, 0) is 0 Å². The van der Waals surface area contributed by atoms with Gasteiger partial charge in [0, 0.05) is 5.92 Å². The van der Waals surface area contributed by atoms with Crippen LogP contribution in [0.3, 0.4) is 0 Å². The van der Waals surface area contributed by atoms with E-state index >= 15 is 0 Å². The quantitative estimate of drug-likeness (QED) is 0.421. The van der Waals surface area contributed by atoms with Crippen LogP contribution in [-0.4, -0.2) is 11.7 Å². The van der Waals surface area contributed by atoms with Crippen LogP contribution in [0.1, 0.15) is 29.5 Å². The van der Waals surface area contributed by atoms with Crippen molar-refractivity contribution < 1.29 is 14.3 Å². The molecule has 0 aliphatic rings. The number of hydrogen-bond acceptors (Lipinski definition) is 4. The van der Waals surface area contributed by atoms with Crippen LogP contribution in [0.5, 0.6) is 11.5 Å². The second kappa shape index (κ2) is 8.70. The van der Waals surface area contributed by atoms with Crippen LogP contribution in [0.15, 0.2) is 94.2 Å². The van der Waals surface area contributed by atoms with E-state index in [1.54, 1.807) is 18.2 Å². The second-order valence-electron chi connectivity index (χ2n) is 6.90. The summed E-state index contributed by atoms with van der Waals surface area (Å²) in [5.41, 5.74) is 1.85. The molecular weight excluding hydrogens is 376 g/mol. The average molecular weight is 398 g/mol. The molecule has 0 fully saturated rings. The highest BCUT2D eigenvalue weighted by molar-refractivity contribution is 5.86. The molecule has 1 atom stereocenters. The highest BCUT2D eigenvalue weighted by Crippen LogP contribution is 2.36. The summed E-state index contributed by atoms with van der Waals surface area (Å²) in [4.78, 5) is 12.9. The number of ether oxygens (including phenoxy) is 1. The molecule has 4 nitrogen and oxygen atoms in total. The zero-order chi connectivity index (χ0) is 20.9. The van der Waals surface area contributed by atoms with Crippen molar-refractivity contribution in [1.82, 2.24) is 0 Å². The van der Waals surface area contributed by atoms with E-state index in [9.17, 15) is 9.90 Å². The Bertz CT molecular complexity index is 1220. The van der Waals surface area contributed by atoms with Gasteiger partial charge in [0.1, 0.15) is 17.1 Å². The van der Waals surface area contributed by atoms with Crippen molar-refractivity contribution in [3.63, 3.8) is 0 Å². The molecule has 4 aromatic rings. The molecule has 0 saturated heterocycles. The fourth-order valence-electron chi connectivity index (χ4n) is 3.52. The van der Waals surface area contributed by atoms with Gasteiger partial charge in [0.05, 0.1) is 17.6 Å². The smallest absolute Gasteiger partial charge is 0.344 e. The van der Waals surface area contributed by atoms with Gasteiger partial charge in [-0.25, -0.2) is 4.79 Å². The summed E-state index contributed by atoms with van der Waals surface area (Å²) in [6, 6.07) is 24.5. The van der Waals surface area contributed by atoms with Gasteiger partial charge in [-0.3, -0.25) is 0 Å². The van der Waals surface area contributed by atoms with Crippen LogP contribution < -0.4 is 10.4 Å². The lowest BCUT2D eigenvalue weighted by molar-refractivity contribution is 0.340. The summed E-state index contributed by atoms with van der Waals surface area (Å²) in [5, 5.41) is 11.6. The molecule has 4 heteroatoms. The summed E-state index contributed by atoms with van der Waals surface area (Å²) in [6.07, 6.45) is 3.85. The molecule has 0 amide bonds. The van der Waals surface area contributed by atoms with E-state index in [4.69, 9.17) is 9.15 Å². The highest BCUT2D eigenvalue weighted by atomic mass is 16.5. The van der Waals surface area contributed by atoms with Crippen LogP contribution in [0.25, 0.3) is 17.0 Å². The Labute approximate surface area is 174 Å². The monoisotopic (exact) mass is 398 g/mol. The molecule has 0 saturated carbocycles. The first-order valence-electron chi connectivity index (χ1n) is 9.88. The molecule has 0 aliphatic carbocycles. The first-order valence-corrected chi connectivity index (χ1v) is 9.88. The molecule has 30 heavy (non-hydrogen) atoms. The molecule has 0 radical (unpaired) electrons. The van der Waals surface area contributed by atoms with E-state index in [-0.39, 0.29) is 11.3 Å². The molecule has 4 rings (SSSR count). The van der Waals surface area contributed by atoms with Crippen molar-refractivity contribution in [3.05, 3.63) is 112 Å². The average Bonchev–Trinajstić information content (AvgIpc) is 2.78. The molecule has 1 heterocycles. The predicted molar refractivity (Wildman–Crippen MR) is 119 cm³/mol. The molecule has 150 valence electrons.